The number of nitrogens with one attached hydrogen (secondary N) is 1. The number of ether oxygens (including phenoxy) is 1. The maximum absolute atomic E-state index is 10.6. The third-order valence-electron chi connectivity index (χ3n) is 8.26. The first-order valence-corrected chi connectivity index (χ1v) is 14.2. The molecule has 220 valence electrons. The normalized spacial score (nSPS) is 22.2. The van der Waals surface area contributed by atoms with E-state index >= 15 is 0 Å². The van der Waals surface area contributed by atoms with Crippen LogP contribution in [-0.4, -0.2) is 84.0 Å². The zero-order valence-electron chi connectivity index (χ0n) is 23.1. The number of benzene rings is 1. The van der Waals surface area contributed by atoms with Crippen LogP contribution in [0, 0.1) is 11.3 Å². The highest BCUT2D eigenvalue weighted by atomic mass is 19.4. The minimum Gasteiger partial charge on any atom is -0.475 e. The molecule has 9 nitrogen and oxygen atoms in total. The molecule has 2 saturated heterocycles. The molecule has 0 amide bonds. The van der Waals surface area contributed by atoms with Gasteiger partial charge < -0.3 is 25.0 Å². The fraction of sp³-hybridized carbons (Fsp3) is 0.586. The topological polar surface area (TPSA) is 115 Å². The molecule has 0 spiro atoms. The van der Waals surface area contributed by atoms with E-state index in [1.807, 2.05) is 0 Å². The maximum Gasteiger partial charge on any atom is 0.490 e. The molecule has 12 heteroatoms. The Labute approximate surface area is 237 Å². The lowest BCUT2D eigenvalue weighted by molar-refractivity contribution is -0.192. The Balaban J connectivity index is 0.000000431. The molecule has 4 aliphatic rings. The average Bonchev–Trinajstić information content (AvgIpc) is 3.72. The minimum atomic E-state index is -5.08. The lowest BCUT2D eigenvalue weighted by Crippen LogP contribution is -2.51. The highest BCUT2D eigenvalue weighted by Crippen LogP contribution is 2.44. The van der Waals surface area contributed by atoms with Crippen LogP contribution in [0.1, 0.15) is 54.7 Å². The fourth-order valence-electron chi connectivity index (χ4n) is 5.82. The summed E-state index contributed by atoms with van der Waals surface area (Å²) in [7, 11) is 2.17. The first kappa shape index (κ1) is 29.1. The van der Waals surface area contributed by atoms with Gasteiger partial charge in [0.05, 0.1) is 18.2 Å². The van der Waals surface area contributed by atoms with Gasteiger partial charge in [0.1, 0.15) is 12.4 Å². The van der Waals surface area contributed by atoms with Crippen molar-refractivity contribution >= 4 is 11.8 Å². The average molecular weight is 573 g/mol. The Hall–Kier alpha value is -3.43. The number of likely N-dealkylation sites (tertiary alicyclic amines) is 1. The molecule has 1 saturated carbocycles. The molecule has 0 unspecified atom stereocenters. The van der Waals surface area contributed by atoms with Crippen LogP contribution in [0.4, 0.5) is 19.0 Å². The van der Waals surface area contributed by atoms with Crippen molar-refractivity contribution in [3.63, 3.8) is 0 Å². The summed E-state index contributed by atoms with van der Waals surface area (Å²) in [5.74, 6) is -1.04. The van der Waals surface area contributed by atoms with Crippen molar-refractivity contribution in [3.8, 4) is 23.3 Å². The molecule has 3 heterocycles. The van der Waals surface area contributed by atoms with Gasteiger partial charge in [-0.05, 0) is 75.2 Å². The molecule has 0 radical (unpaired) electrons. The summed E-state index contributed by atoms with van der Waals surface area (Å²) in [5.41, 5.74) is 6.38. The van der Waals surface area contributed by atoms with Crippen LogP contribution >= 0.6 is 0 Å². The summed E-state index contributed by atoms with van der Waals surface area (Å²) in [6, 6.07) is 10.4. The summed E-state index contributed by atoms with van der Waals surface area (Å²) in [4.78, 5) is 23.6. The number of nitrogens with zero attached hydrogens (tertiary/aromatic N) is 5. The number of hydrogen-bond donors (Lipinski definition) is 2. The van der Waals surface area contributed by atoms with Gasteiger partial charge in [0, 0.05) is 42.8 Å². The van der Waals surface area contributed by atoms with Crippen LogP contribution in [0.15, 0.2) is 18.2 Å². The number of aromatic nitrogens is 2. The van der Waals surface area contributed by atoms with Crippen molar-refractivity contribution in [3.05, 3.63) is 34.9 Å². The van der Waals surface area contributed by atoms with Crippen molar-refractivity contribution in [2.75, 3.05) is 44.7 Å². The van der Waals surface area contributed by atoms with Crippen molar-refractivity contribution < 1.29 is 27.8 Å². The molecule has 2 aliphatic carbocycles. The molecule has 2 N–H and O–H groups in total. The second-order valence-electron chi connectivity index (χ2n) is 11.2. The molecule has 2 aromatic rings. The van der Waals surface area contributed by atoms with Gasteiger partial charge in [-0.15, -0.1) is 0 Å². The van der Waals surface area contributed by atoms with Crippen LogP contribution < -0.4 is 15.0 Å². The quantitative estimate of drug-likeness (QED) is 0.532. The number of aryl methyl sites for hydroxylation is 1. The largest absolute Gasteiger partial charge is 0.490 e. The van der Waals surface area contributed by atoms with E-state index in [0.29, 0.717) is 31.0 Å². The summed E-state index contributed by atoms with van der Waals surface area (Å²) < 4.78 is 38.0. The number of likely N-dealkylation sites (N-methyl/N-ethyl adjacent to an activating group) is 1. The van der Waals surface area contributed by atoms with Crippen LogP contribution in [-0.2, 0) is 17.6 Å². The molecule has 41 heavy (non-hydrogen) atoms. The Morgan fingerprint density at radius 3 is 2.66 bits per heavy atom. The van der Waals surface area contributed by atoms with Crippen LogP contribution in [0.25, 0.3) is 11.3 Å². The van der Waals surface area contributed by atoms with Gasteiger partial charge in [-0.2, -0.15) is 28.4 Å². The second kappa shape index (κ2) is 12.2. The first-order chi connectivity index (χ1) is 19.6. The number of carbonyl (C=O) groups is 1. The molecule has 0 bridgehead atoms. The van der Waals surface area contributed by atoms with Gasteiger partial charge in [0.2, 0.25) is 0 Å². The summed E-state index contributed by atoms with van der Waals surface area (Å²) >= 11 is 0. The van der Waals surface area contributed by atoms with E-state index in [4.69, 9.17) is 24.6 Å². The molecule has 3 fully saturated rings. The van der Waals surface area contributed by atoms with Crippen molar-refractivity contribution in [1.82, 2.24) is 20.2 Å². The zero-order chi connectivity index (χ0) is 29.1. The molecule has 2 aliphatic heterocycles. The standard InChI is InChI=1S/C27H34N6O.C2HF3O2/c1-32-13-2-3-22(32)17-34-27-30-25-23(26(31-27)33-14-12-29-21(16-33)10-11-28)9-8-19-6-7-20(15-24(19)25)18-4-5-18;3-2(4,5)1(6)7/h6-7,15,18,21-22,29H,2-5,8-10,12-14,16-17H2,1H3;(H,6,7)/t21-,22-;/m0./s1. The van der Waals surface area contributed by atoms with E-state index in [1.165, 1.54) is 41.5 Å². The van der Waals surface area contributed by atoms with Crippen LogP contribution in [0.5, 0.6) is 6.01 Å². The van der Waals surface area contributed by atoms with Crippen LogP contribution in [0.3, 0.4) is 0 Å². The Bertz CT molecular complexity index is 1310. The number of alkyl halides is 3. The number of nitriles is 1. The number of anilines is 1. The number of carboxylic acids is 1. The third-order valence-corrected chi connectivity index (χ3v) is 8.26. The smallest absolute Gasteiger partial charge is 0.475 e. The summed E-state index contributed by atoms with van der Waals surface area (Å²) in [6.07, 6.45) is 2.36. The summed E-state index contributed by atoms with van der Waals surface area (Å²) in [6.45, 7) is 4.28. The number of piperazine rings is 1. The van der Waals surface area contributed by atoms with Gasteiger partial charge >= 0.3 is 18.2 Å². The van der Waals surface area contributed by atoms with Gasteiger partial charge in [0.15, 0.2) is 0 Å². The number of fused-ring (bicyclic) bond motifs is 3. The Morgan fingerprint density at radius 2 is 2.00 bits per heavy atom. The Morgan fingerprint density at radius 1 is 1.22 bits per heavy atom. The molecule has 1 aromatic carbocycles. The predicted octanol–water partition coefficient (Wildman–Crippen LogP) is 3.92. The van der Waals surface area contributed by atoms with Gasteiger partial charge in [-0.25, -0.2) is 4.79 Å². The lowest BCUT2D eigenvalue weighted by atomic mass is 9.87. The molecule has 1 aromatic heterocycles. The van der Waals surface area contributed by atoms with Crippen LogP contribution in [0.2, 0.25) is 0 Å². The summed E-state index contributed by atoms with van der Waals surface area (Å²) in [5, 5.41) is 19.8. The predicted molar refractivity (Wildman–Crippen MR) is 146 cm³/mol. The number of halogens is 3. The van der Waals surface area contributed by atoms with Crippen molar-refractivity contribution in [2.24, 2.45) is 0 Å². The molecular formula is C29H35F3N6O3. The van der Waals surface area contributed by atoms with Gasteiger partial charge in [-0.1, -0.05) is 12.1 Å². The monoisotopic (exact) mass is 572 g/mol. The second-order valence-corrected chi connectivity index (χ2v) is 11.2. The molecular weight excluding hydrogens is 537 g/mol. The van der Waals surface area contributed by atoms with Gasteiger partial charge in [-0.3, -0.25) is 0 Å². The van der Waals surface area contributed by atoms with E-state index in [-0.39, 0.29) is 6.04 Å². The highest BCUT2D eigenvalue weighted by Gasteiger charge is 2.38. The van der Waals surface area contributed by atoms with E-state index in [2.05, 4.69) is 46.4 Å². The van der Waals surface area contributed by atoms with E-state index in [0.717, 1.165) is 57.0 Å². The number of hydrogen-bond acceptors (Lipinski definition) is 8. The first-order valence-electron chi connectivity index (χ1n) is 14.2. The van der Waals surface area contributed by atoms with E-state index in [1.54, 1.807) is 0 Å². The van der Waals surface area contributed by atoms with Gasteiger partial charge in [0.25, 0.3) is 0 Å². The van der Waals surface area contributed by atoms with Crippen molar-refractivity contribution in [1.29, 1.82) is 5.26 Å². The highest BCUT2D eigenvalue weighted by molar-refractivity contribution is 5.75. The van der Waals surface area contributed by atoms with E-state index < -0.39 is 12.1 Å². The third kappa shape index (κ3) is 6.90. The van der Waals surface area contributed by atoms with E-state index in [9.17, 15) is 18.4 Å². The minimum absolute atomic E-state index is 0.165. The number of carboxylic acid groups (broad SMARTS) is 1. The lowest BCUT2D eigenvalue weighted by Gasteiger charge is -2.36. The molecule has 2 atom stereocenters. The number of rotatable bonds is 6. The number of aliphatic carboxylic acids is 1. The zero-order valence-corrected chi connectivity index (χ0v) is 23.1. The SMILES string of the molecule is CN1CCC[C@H]1COc1nc2c(c(N3CCN[C@@H](CC#N)C3)n1)CCc1ccc(C3CC3)cc1-2.O=C(O)C(F)(F)F. The maximum atomic E-state index is 10.6. The van der Waals surface area contributed by atoms with Crippen molar-refractivity contribution in [2.45, 2.75) is 69.1 Å². The fourth-order valence-corrected chi connectivity index (χ4v) is 5.82. The Kier molecular flexibility index (Phi) is 8.66. The molecule has 6 rings (SSSR count).